The van der Waals surface area contributed by atoms with Crippen molar-refractivity contribution in [2.24, 2.45) is 0 Å². The number of carboxylic acid groups (broad SMARTS) is 1. The molecule has 0 amide bonds. The topological polar surface area (TPSA) is 63.1 Å². The molecule has 2 rings (SSSR count). The second-order valence-corrected chi connectivity index (χ2v) is 4.19. The molecule has 0 bridgehead atoms. The first-order chi connectivity index (χ1) is 8.58. The Hall–Kier alpha value is -2.23. The van der Waals surface area contributed by atoms with Crippen molar-refractivity contribution in [3.8, 4) is 0 Å². The number of hydrogen-bond donors (Lipinski definition) is 1. The fourth-order valence-electron chi connectivity index (χ4n) is 1.79. The maximum Gasteiger partial charge on any atom is 0.339 e. The molecule has 0 atom stereocenters. The molecule has 1 aromatic heterocycles. The Morgan fingerprint density at radius 2 is 2.00 bits per heavy atom. The SMILES string of the molecule is Cc1ccccc1Cc1ncc(C(=O)O)c(C)n1. The molecule has 0 aliphatic carbocycles. The number of carbonyl (C=O) groups is 1. The maximum atomic E-state index is 10.9. The molecule has 2 aromatic rings. The van der Waals surface area contributed by atoms with Gasteiger partial charge in [-0.2, -0.15) is 0 Å². The van der Waals surface area contributed by atoms with E-state index in [-0.39, 0.29) is 5.56 Å². The average molecular weight is 242 g/mol. The fraction of sp³-hybridized carbons (Fsp3) is 0.214. The minimum Gasteiger partial charge on any atom is -0.478 e. The third-order valence-electron chi connectivity index (χ3n) is 2.87. The summed E-state index contributed by atoms with van der Waals surface area (Å²) in [4.78, 5) is 19.2. The second-order valence-electron chi connectivity index (χ2n) is 4.19. The van der Waals surface area contributed by atoms with Crippen LogP contribution in [0.1, 0.15) is 33.0 Å². The predicted octanol–water partition coefficient (Wildman–Crippen LogP) is 2.38. The lowest BCUT2D eigenvalue weighted by molar-refractivity contribution is 0.0695. The highest BCUT2D eigenvalue weighted by Gasteiger charge is 2.10. The number of rotatable bonds is 3. The molecule has 4 nitrogen and oxygen atoms in total. The molecule has 0 saturated carbocycles. The molecule has 0 fully saturated rings. The number of carboxylic acids is 1. The summed E-state index contributed by atoms with van der Waals surface area (Å²) >= 11 is 0. The zero-order chi connectivity index (χ0) is 13.1. The minimum absolute atomic E-state index is 0.156. The Balaban J connectivity index is 2.29. The van der Waals surface area contributed by atoms with Crippen LogP contribution < -0.4 is 0 Å². The summed E-state index contributed by atoms with van der Waals surface area (Å²) in [5.41, 5.74) is 2.99. The average Bonchev–Trinajstić information content (AvgIpc) is 2.32. The maximum absolute atomic E-state index is 10.9. The molecule has 0 aliphatic rings. The molecule has 1 N–H and O–H groups in total. The van der Waals surface area contributed by atoms with Crippen LogP contribution in [0.4, 0.5) is 0 Å². The smallest absolute Gasteiger partial charge is 0.339 e. The van der Waals surface area contributed by atoms with Gasteiger partial charge < -0.3 is 5.11 Å². The third-order valence-corrected chi connectivity index (χ3v) is 2.87. The van der Waals surface area contributed by atoms with Crippen LogP contribution in [0.15, 0.2) is 30.5 Å². The van der Waals surface area contributed by atoms with E-state index in [4.69, 9.17) is 5.11 Å². The van der Waals surface area contributed by atoms with E-state index in [1.807, 2.05) is 31.2 Å². The molecule has 1 heterocycles. The Labute approximate surface area is 105 Å². The zero-order valence-electron chi connectivity index (χ0n) is 10.3. The zero-order valence-corrected chi connectivity index (χ0v) is 10.3. The Kier molecular flexibility index (Phi) is 3.37. The van der Waals surface area contributed by atoms with E-state index < -0.39 is 5.97 Å². The highest BCUT2D eigenvalue weighted by atomic mass is 16.4. The summed E-state index contributed by atoms with van der Waals surface area (Å²) in [6, 6.07) is 8.02. The van der Waals surface area contributed by atoms with Gasteiger partial charge in [-0.3, -0.25) is 0 Å². The Morgan fingerprint density at radius 3 is 2.61 bits per heavy atom. The van der Waals surface area contributed by atoms with Gasteiger partial charge in [0.2, 0.25) is 0 Å². The van der Waals surface area contributed by atoms with Gasteiger partial charge in [0.1, 0.15) is 5.82 Å². The molecule has 0 radical (unpaired) electrons. The first-order valence-electron chi connectivity index (χ1n) is 5.68. The van der Waals surface area contributed by atoms with Crippen LogP contribution in [0.3, 0.4) is 0 Å². The summed E-state index contributed by atoms with van der Waals surface area (Å²) in [7, 11) is 0. The number of nitrogens with zero attached hydrogens (tertiary/aromatic N) is 2. The molecule has 1 aromatic carbocycles. The summed E-state index contributed by atoms with van der Waals surface area (Å²) < 4.78 is 0. The summed E-state index contributed by atoms with van der Waals surface area (Å²) in [6.45, 7) is 3.72. The monoisotopic (exact) mass is 242 g/mol. The lowest BCUT2D eigenvalue weighted by Crippen LogP contribution is -2.07. The van der Waals surface area contributed by atoms with Crippen LogP contribution in [0, 0.1) is 13.8 Å². The first-order valence-corrected chi connectivity index (χ1v) is 5.68. The molecule has 0 aliphatic heterocycles. The Morgan fingerprint density at radius 1 is 1.28 bits per heavy atom. The molecular weight excluding hydrogens is 228 g/mol. The van der Waals surface area contributed by atoms with Gasteiger partial charge in [-0.05, 0) is 25.0 Å². The van der Waals surface area contributed by atoms with Gasteiger partial charge in [-0.15, -0.1) is 0 Å². The van der Waals surface area contributed by atoms with Gasteiger partial charge >= 0.3 is 5.97 Å². The quantitative estimate of drug-likeness (QED) is 0.897. The molecule has 0 unspecified atom stereocenters. The number of benzene rings is 1. The largest absolute Gasteiger partial charge is 0.478 e. The number of aromatic carboxylic acids is 1. The van der Waals surface area contributed by atoms with Crippen LogP contribution in [-0.2, 0) is 6.42 Å². The molecule has 92 valence electrons. The van der Waals surface area contributed by atoms with Crippen molar-refractivity contribution in [2.75, 3.05) is 0 Å². The first kappa shape index (κ1) is 12.2. The Bertz CT molecular complexity index is 594. The lowest BCUT2D eigenvalue weighted by Gasteiger charge is -2.06. The number of aromatic nitrogens is 2. The van der Waals surface area contributed by atoms with Crippen molar-refractivity contribution in [3.63, 3.8) is 0 Å². The van der Waals surface area contributed by atoms with Crippen LogP contribution >= 0.6 is 0 Å². The molecule has 0 spiro atoms. The summed E-state index contributed by atoms with van der Waals surface area (Å²) in [6.07, 6.45) is 1.99. The van der Waals surface area contributed by atoms with E-state index >= 15 is 0 Å². The summed E-state index contributed by atoms with van der Waals surface area (Å²) in [5.74, 6) is -0.346. The van der Waals surface area contributed by atoms with Gasteiger partial charge in [0.25, 0.3) is 0 Å². The molecule has 0 saturated heterocycles. The van der Waals surface area contributed by atoms with Gasteiger partial charge in [0.15, 0.2) is 0 Å². The van der Waals surface area contributed by atoms with Crippen molar-refractivity contribution in [2.45, 2.75) is 20.3 Å². The molecule has 4 heteroatoms. The predicted molar refractivity (Wildman–Crippen MR) is 67.7 cm³/mol. The van der Waals surface area contributed by atoms with E-state index in [1.54, 1.807) is 6.92 Å². The van der Waals surface area contributed by atoms with Crippen molar-refractivity contribution < 1.29 is 9.90 Å². The lowest BCUT2D eigenvalue weighted by atomic mass is 10.1. The van der Waals surface area contributed by atoms with Crippen LogP contribution in [-0.4, -0.2) is 21.0 Å². The van der Waals surface area contributed by atoms with Crippen LogP contribution in [0.5, 0.6) is 0 Å². The van der Waals surface area contributed by atoms with Crippen molar-refractivity contribution in [1.29, 1.82) is 0 Å². The molecule has 18 heavy (non-hydrogen) atoms. The van der Waals surface area contributed by atoms with Gasteiger partial charge in [0.05, 0.1) is 11.3 Å². The highest BCUT2D eigenvalue weighted by Crippen LogP contribution is 2.12. The second kappa shape index (κ2) is 4.96. The number of hydrogen-bond acceptors (Lipinski definition) is 3. The van der Waals surface area contributed by atoms with Crippen LogP contribution in [0.2, 0.25) is 0 Å². The summed E-state index contributed by atoms with van der Waals surface area (Å²) in [5, 5.41) is 8.91. The van der Waals surface area contributed by atoms with Crippen molar-refractivity contribution in [1.82, 2.24) is 9.97 Å². The van der Waals surface area contributed by atoms with Gasteiger partial charge in [-0.25, -0.2) is 14.8 Å². The number of aryl methyl sites for hydroxylation is 2. The highest BCUT2D eigenvalue weighted by molar-refractivity contribution is 5.88. The van der Waals surface area contributed by atoms with Crippen molar-refractivity contribution >= 4 is 5.97 Å². The van der Waals surface area contributed by atoms with Gasteiger partial charge in [0, 0.05) is 12.6 Å². The van der Waals surface area contributed by atoms with E-state index in [0.717, 1.165) is 5.56 Å². The fourth-order valence-corrected chi connectivity index (χ4v) is 1.79. The van der Waals surface area contributed by atoms with Crippen molar-refractivity contribution in [3.05, 3.63) is 58.7 Å². The van der Waals surface area contributed by atoms with Gasteiger partial charge in [-0.1, -0.05) is 24.3 Å². The molecular formula is C14H14N2O2. The standard InChI is InChI=1S/C14H14N2O2/c1-9-5-3-4-6-11(9)7-13-15-8-12(14(17)18)10(2)16-13/h3-6,8H,7H2,1-2H3,(H,17,18). The minimum atomic E-state index is -0.991. The van der Waals surface area contributed by atoms with E-state index in [9.17, 15) is 4.79 Å². The normalized spacial score (nSPS) is 10.3. The third kappa shape index (κ3) is 2.53. The van der Waals surface area contributed by atoms with E-state index in [1.165, 1.54) is 11.8 Å². The van der Waals surface area contributed by atoms with Crippen LogP contribution in [0.25, 0.3) is 0 Å². The van der Waals surface area contributed by atoms with E-state index in [2.05, 4.69) is 9.97 Å². The van der Waals surface area contributed by atoms with E-state index in [0.29, 0.717) is 17.9 Å².